The van der Waals surface area contributed by atoms with E-state index in [-0.39, 0.29) is 17.3 Å². The molecule has 0 radical (unpaired) electrons. The third-order valence-corrected chi connectivity index (χ3v) is 4.21. The highest BCUT2D eigenvalue weighted by Gasteiger charge is 2.23. The van der Waals surface area contributed by atoms with E-state index in [0.717, 1.165) is 16.5 Å². The predicted octanol–water partition coefficient (Wildman–Crippen LogP) is 4.29. The van der Waals surface area contributed by atoms with Crippen molar-refractivity contribution in [2.24, 2.45) is 0 Å². The summed E-state index contributed by atoms with van der Waals surface area (Å²) in [4.78, 5) is 23.7. The van der Waals surface area contributed by atoms with E-state index in [1.165, 1.54) is 6.33 Å². The molecule has 0 fully saturated rings. The monoisotopic (exact) mass is 372 g/mol. The summed E-state index contributed by atoms with van der Waals surface area (Å²) in [7, 11) is 0. The second-order valence-corrected chi connectivity index (χ2v) is 6.02. The standard InChI is InChI=1S/C20H16N6O2/c27-26(28)18-19(22-12-14-6-2-1-3-7-14)23-13-24-20(18)25-17-10-4-9-16-15(17)8-5-11-21-16/h1-11,13H,12H2,(H2,22,23,24,25). The topological polar surface area (TPSA) is 106 Å². The molecule has 4 rings (SSSR count). The summed E-state index contributed by atoms with van der Waals surface area (Å²) in [6.07, 6.45) is 3.00. The molecule has 0 saturated heterocycles. The van der Waals surface area contributed by atoms with Gasteiger partial charge in [0.05, 0.1) is 10.4 Å². The van der Waals surface area contributed by atoms with Gasteiger partial charge in [-0.3, -0.25) is 15.1 Å². The Morgan fingerprint density at radius 1 is 0.893 bits per heavy atom. The Kier molecular flexibility index (Phi) is 4.75. The van der Waals surface area contributed by atoms with Gasteiger partial charge in [0.2, 0.25) is 11.6 Å². The quantitative estimate of drug-likeness (QED) is 0.384. The Hall–Kier alpha value is -4.07. The van der Waals surface area contributed by atoms with E-state index < -0.39 is 4.92 Å². The first-order valence-corrected chi connectivity index (χ1v) is 8.60. The van der Waals surface area contributed by atoms with Crippen molar-refractivity contribution in [1.82, 2.24) is 15.0 Å². The van der Waals surface area contributed by atoms with E-state index in [2.05, 4.69) is 25.6 Å². The van der Waals surface area contributed by atoms with E-state index in [0.29, 0.717) is 12.2 Å². The maximum absolute atomic E-state index is 11.7. The number of benzene rings is 2. The van der Waals surface area contributed by atoms with E-state index in [1.54, 1.807) is 6.20 Å². The molecule has 8 nitrogen and oxygen atoms in total. The number of rotatable bonds is 6. The van der Waals surface area contributed by atoms with Gasteiger partial charge in [0.25, 0.3) is 0 Å². The zero-order valence-corrected chi connectivity index (χ0v) is 14.7. The van der Waals surface area contributed by atoms with Crippen LogP contribution in [0.2, 0.25) is 0 Å². The van der Waals surface area contributed by atoms with Crippen LogP contribution in [0, 0.1) is 10.1 Å². The van der Waals surface area contributed by atoms with Gasteiger partial charge < -0.3 is 10.6 Å². The van der Waals surface area contributed by atoms with Gasteiger partial charge in [0.1, 0.15) is 6.33 Å². The van der Waals surface area contributed by atoms with Crippen LogP contribution in [-0.4, -0.2) is 19.9 Å². The van der Waals surface area contributed by atoms with Crippen LogP contribution >= 0.6 is 0 Å². The average molecular weight is 372 g/mol. The first kappa shape index (κ1) is 17.3. The maximum atomic E-state index is 11.7. The van der Waals surface area contributed by atoms with E-state index >= 15 is 0 Å². The van der Waals surface area contributed by atoms with Gasteiger partial charge in [-0.15, -0.1) is 0 Å². The van der Waals surface area contributed by atoms with Crippen LogP contribution in [0.5, 0.6) is 0 Å². The molecule has 4 aromatic rings. The number of nitro groups is 1. The second kappa shape index (κ2) is 7.67. The van der Waals surface area contributed by atoms with Gasteiger partial charge in [-0.2, -0.15) is 0 Å². The summed E-state index contributed by atoms with van der Waals surface area (Å²) < 4.78 is 0. The molecular weight excluding hydrogens is 356 g/mol. The van der Waals surface area contributed by atoms with Crippen LogP contribution < -0.4 is 10.6 Å². The van der Waals surface area contributed by atoms with E-state index in [1.807, 2.05) is 60.7 Å². The SMILES string of the molecule is O=[N+]([O-])c1c(NCc2ccccc2)ncnc1Nc1cccc2ncccc12. The molecule has 138 valence electrons. The number of pyridine rings is 1. The van der Waals surface area contributed by atoms with Gasteiger partial charge in [0.15, 0.2) is 0 Å². The van der Waals surface area contributed by atoms with Crippen LogP contribution in [-0.2, 0) is 6.54 Å². The third-order valence-electron chi connectivity index (χ3n) is 4.21. The fraction of sp³-hybridized carbons (Fsp3) is 0.0500. The van der Waals surface area contributed by atoms with E-state index in [9.17, 15) is 10.1 Å². The number of fused-ring (bicyclic) bond motifs is 1. The van der Waals surface area contributed by atoms with Gasteiger partial charge in [-0.25, -0.2) is 9.97 Å². The Labute approximate surface area is 160 Å². The molecule has 2 aromatic carbocycles. The lowest BCUT2D eigenvalue weighted by Gasteiger charge is -2.11. The third kappa shape index (κ3) is 3.56. The Balaban J connectivity index is 1.68. The minimum absolute atomic E-state index is 0.118. The van der Waals surface area contributed by atoms with Gasteiger partial charge in [0, 0.05) is 23.8 Å². The molecule has 2 heterocycles. The molecule has 28 heavy (non-hydrogen) atoms. The lowest BCUT2D eigenvalue weighted by atomic mass is 10.2. The number of hydrogen-bond donors (Lipinski definition) is 2. The minimum Gasteiger partial charge on any atom is -0.360 e. The first-order chi connectivity index (χ1) is 13.7. The van der Waals surface area contributed by atoms with Crippen LogP contribution in [0.4, 0.5) is 23.0 Å². The lowest BCUT2D eigenvalue weighted by molar-refractivity contribution is -0.383. The van der Waals surface area contributed by atoms with Crippen LogP contribution in [0.15, 0.2) is 73.2 Å². The number of aromatic nitrogens is 3. The molecule has 0 aliphatic carbocycles. The largest absolute Gasteiger partial charge is 0.360 e. The Bertz CT molecular complexity index is 1130. The molecule has 0 aliphatic rings. The minimum atomic E-state index is -0.487. The fourth-order valence-corrected chi connectivity index (χ4v) is 2.89. The summed E-state index contributed by atoms with van der Waals surface area (Å²) in [5.41, 5.74) is 2.25. The van der Waals surface area contributed by atoms with Crippen molar-refractivity contribution >= 4 is 33.9 Å². The Morgan fingerprint density at radius 2 is 1.71 bits per heavy atom. The fourth-order valence-electron chi connectivity index (χ4n) is 2.89. The van der Waals surface area contributed by atoms with Crippen molar-refractivity contribution in [3.05, 3.63) is 88.9 Å². The zero-order valence-electron chi connectivity index (χ0n) is 14.7. The summed E-state index contributed by atoms with van der Waals surface area (Å²) in [6.45, 7) is 0.413. The summed E-state index contributed by atoms with van der Waals surface area (Å²) >= 11 is 0. The van der Waals surface area contributed by atoms with Gasteiger partial charge in [-0.05, 0) is 29.8 Å². The first-order valence-electron chi connectivity index (χ1n) is 8.60. The molecule has 0 unspecified atom stereocenters. The summed E-state index contributed by atoms with van der Waals surface area (Å²) in [5, 5.41) is 18.7. The molecule has 0 saturated carbocycles. The van der Waals surface area contributed by atoms with Crippen LogP contribution in [0.3, 0.4) is 0 Å². The van der Waals surface area contributed by atoms with Crippen LogP contribution in [0.1, 0.15) is 5.56 Å². The molecule has 0 amide bonds. The van der Waals surface area contributed by atoms with Crippen molar-refractivity contribution in [3.63, 3.8) is 0 Å². The second-order valence-electron chi connectivity index (χ2n) is 6.02. The summed E-state index contributed by atoms with van der Waals surface area (Å²) in [6, 6.07) is 18.8. The molecule has 8 heteroatoms. The number of nitrogens with zero attached hydrogens (tertiary/aromatic N) is 4. The number of anilines is 3. The molecule has 0 spiro atoms. The molecule has 0 bridgehead atoms. The number of nitrogens with one attached hydrogen (secondary N) is 2. The lowest BCUT2D eigenvalue weighted by Crippen LogP contribution is -2.08. The molecule has 2 N–H and O–H groups in total. The van der Waals surface area contributed by atoms with Crippen molar-refractivity contribution in [3.8, 4) is 0 Å². The van der Waals surface area contributed by atoms with Gasteiger partial charge >= 0.3 is 5.69 Å². The molecule has 0 atom stereocenters. The summed E-state index contributed by atoms with van der Waals surface area (Å²) in [5.74, 6) is 0.275. The molecule has 0 aliphatic heterocycles. The highest BCUT2D eigenvalue weighted by molar-refractivity contribution is 5.93. The normalized spacial score (nSPS) is 10.6. The van der Waals surface area contributed by atoms with Crippen molar-refractivity contribution in [2.75, 3.05) is 10.6 Å². The van der Waals surface area contributed by atoms with Crippen LogP contribution in [0.25, 0.3) is 10.9 Å². The molecule has 2 aromatic heterocycles. The van der Waals surface area contributed by atoms with Crippen molar-refractivity contribution in [1.29, 1.82) is 0 Å². The Morgan fingerprint density at radius 3 is 2.54 bits per heavy atom. The highest BCUT2D eigenvalue weighted by atomic mass is 16.6. The average Bonchev–Trinajstić information content (AvgIpc) is 2.73. The predicted molar refractivity (Wildman–Crippen MR) is 107 cm³/mol. The maximum Gasteiger partial charge on any atom is 0.353 e. The van der Waals surface area contributed by atoms with Gasteiger partial charge in [-0.1, -0.05) is 36.4 Å². The molecular formula is C20H16N6O2. The zero-order chi connectivity index (χ0) is 19.3. The smallest absolute Gasteiger partial charge is 0.353 e. The van der Waals surface area contributed by atoms with E-state index in [4.69, 9.17) is 0 Å². The highest BCUT2D eigenvalue weighted by Crippen LogP contribution is 2.33. The number of hydrogen-bond acceptors (Lipinski definition) is 7. The van der Waals surface area contributed by atoms with Crippen molar-refractivity contribution in [2.45, 2.75) is 6.54 Å². The van der Waals surface area contributed by atoms with Crippen molar-refractivity contribution < 1.29 is 4.92 Å².